The van der Waals surface area contributed by atoms with E-state index in [1.54, 1.807) is 0 Å². The Balaban J connectivity index is 2.34. The highest BCUT2D eigenvalue weighted by molar-refractivity contribution is 6.05. The summed E-state index contributed by atoms with van der Waals surface area (Å²) in [5.74, 6) is 0.00642. The first-order valence-corrected chi connectivity index (χ1v) is 8.22. The molecule has 0 fully saturated rings. The van der Waals surface area contributed by atoms with E-state index in [9.17, 15) is 18.0 Å². The van der Waals surface area contributed by atoms with Crippen molar-refractivity contribution in [3.05, 3.63) is 64.7 Å². The molecule has 0 saturated heterocycles. The molecule has 0 spiro atoms. The molecule has 0 aliphatic heterocycles. The van der Waals surface area contributed by atoms with E-state index in [1.165, 1.54) is 12.1 Å². The molecule has 0 atom stereocenters. The number of carbonyl (C=O) groups excluding carboxylic acids is 1. The van der Waals surface area contributed by atoms with Crippen LogP contribution in [0.4, 0.5) is 18.9 Å². The van der Waals surface area contributed by atoms with Crippen molar-refractivity contribution in [3.63, 3.8) is 0 Å². The Morgan fingerprint density at radius 3 is 1.76 bits per heavy atom. The van der Waals surface area contributed by atoms with E-state index in [-0.39, 0.29) is 17.4 Å². The summed E-state index contributed by atoms with van der Waals surface area (Å²) in [6.45, 7) is 8.14. The van der Waals surface area contributed by atoms with Crippen molar-refractivity contribution in [1.29, 1.82) is 0 Å². The molecule has 0 radical (unpaired) electrons. The Hall–Kier alpha value is -2.30. The lowest BCUT2D eigenvalue weighted by molar-refractivity contribution is -0.137. The fraction of sp³-hybridized carbons (Fsp3) is 0.350. The Morgan fingerprint density at radius 1 is 0.880 bits per heavy atom. The average molecular weight is 349 g/mol. The number of nitrogens with one attached hydrogen (secondary N) is 1. The fourth-order valence-electron chi connectivity index (χ4n) is 2.69. The van der Waals surface area contributed by atoms with Gasteiger partial charge in [0.25, 0.3) is 5.91 Å². The zero-order valence-electron chi connectivity index (χ0n) is 14.7. The normalized spacial score (nSPS) is 11.9. The Bertz CT molecular complexity index is 720. The summed E-state index contributed by atoms with van der Waals surface area (Å²) >= 11 is 0. The highest BCUT2D eigenvalue weighted by Crippen LogP contribution is 2.33. The third-order valence-electron chi connectivity index (χ3n) is 4.09. The number of carbonyl (C=O) groups is 1. The number of alkyl halides is 3. The van der Waals surface area contributed by atoms with Gasteiger partial charge >= 0.3 is 6.18 Å². The van der Waals surface area contributed by atoms with E-state index in [4.69, 9.17) is 0 Å². The molecule has 134 valence electrons. The largest absolute Gasteiger partial charge is 0.416 e. The molecule has 2 aromatic rings. The molecule has 0 saturated carbocycles. The van der Waals surface area contributed by atoms with Crippen LogP contribution in [0.15, 0.2) is 42.5 Å². The first-order chi connectivity index (χ1) is 11.6. The van der Waals surface area contributed by atoms with Gasteiger partial charge in [0.2, 0.25) is 0 Å². The van der Waals surface area contributed by atoms with Crippen LogP contribution in [-0.2, 0) is 6.18 Å². The minimum Gasteiger partial charge on any atom is -0.321 e. The lowest BCUT2D eigenvalue weighted by Gasteiger charge is -2.20. The molecule has 0 unspecified atom stereocenters. The van der Waals surface area contributed by atoms with Crippen LogP contribution in [-0.4, -0.2) is 5.91 Å². The van der Waals surface area contributed by atoms with E-state index in [2.05, 4.69) is 5.32 Å². The van der Waals surface area contributed by atoms with Crippen LogP contribution >= 0.6 is 0 Å². The molecule has 1 amide bonds. The van der Waals surface area contributed by atoms with Crippen molar-refractivity contribution in [2.24, 2.45) is 0 Å². The van der Waals surface area contributed by atoms with Crippen molar-refractivity contribution in [2.45, 2.75) is 45.7 Å². The van der Waals surface area contributed by atoms with Crippen LogP contribution in [0.1, 0.15) is 66.6 Å². The van der Waals surface area contributed by atoms with E-state index in [0.29, 0.717) is 0 Å². The van der Waals surface area contributed by atoms with Gasteiger partial charge in [-0.25, -0.2) is 0 Å². The average Bonchev–Trinajstić information content (AvgIpc) is 2.53. The highest BCUT2D eigenvalue weighted by Gasteiger charge is 2.30. The molecule has 2 rings (SSSR count). The lowest BCUT2D eigenvalue weighted by atomic mass is 9.92. The number of amides is 1. The van der Waals surface area contributed by atoms with Gasteiger partial charge in [-0.1, -0.05) is 45.9 Å². The van der Waals surface area contributed by atoms with E-state index in [1.807, 2.05) is 45.9 Å². The predicted octanol–water partition coefficient (Wildman–Crippen LogP) is 6.20. The molecule has 2 nitrogen and oxygen atoms in total. The van der Waals surface area contributed by atoms with Crippen molar-refractivity contribution in [2.75, 3.05) is 5.32 Å². The SMILES string of the molecule is CC(C)c1cccc(C(C)C)c1NC(=O)c1ccc(C(F)(F)F)cc1. The van der Waals surface area contributed by atoms with Gasteiger partial charge < -0.3 is 5.32 Å². The van der Waals surface area contributed by atoms with Gasteiger partial charge in [-0.15, -0.1) is 0 Å². The Labute approximate surface area is 146 Å². The number of benzene rings is 2. The second-order valence-corrected chi connectivity index (χ2v) is 6.65. The smallest absolute Gasteiger partial charge is 0.321 e. The number of rotatable bonds is 4. The molecule has 0 aromatic heterocycles. The molecule has 2 aromatic carbocycles. The molecule has 5 heteroatoms. The van der Waals surface area contributed by atoms with Crippen LogP contribution < -0.4 is 5.32 Å². The van der Waals surface area contributed by atoms with Crippen LogP contribution in [0.5, 0.6) is 0 Å². The summed E-state index contributed by atoms with van der Waals surface area (Å²) < 4.78 is 38.0. The molecule has 0 bridgehead atoms. The van der Waals surface area contributed by atoms with Gasteiger partial charge in [0.1, 0.15) is 0 Å². The van der Waals surface area contributed by atoms with Crippen LogP contribution in [0.2, 0.25) is 0 Å². The van der Waals surface area contributed by atoms with Gasteiger partial charge in [-0.05, 0) is 47.2 Å². The molecule has 0 aliphatic rings. The van der Waals surface area contributed by atoms with E-state index < -0.39 is 17.6 Å². The summed E-state index contributed by atoms with van der Waals surface area (Å²) in [7, 11) is 0. The Morgan fingerprint density at radius 2 is 1.36 bits per heavy atom. The number of anilines is 1. The minimum absolute atomic E-state index is 0.196. The first kappa shape index (κ1) is 19.0. The molecular formula is C20H22F3NO. The minimum atomic E-state index is -4.41. The van der Waals surface area contributed by atoms with Gasteiger partial charge in [-0.2, -0.15) is 13.2 Å². The molecule has 25 heavy (non-hydrogen) atoms. The maximum atomic E-state index is 12.7. The van der Waals surface area contributed by atoms with Crippen molar-refractivity contribution in [1.82, 2.24) is 0 Å². The van der Waals surface area contributed by atoms with Crippen LogP contribution in [0, 0.1) is 0 Å². The quantitative estimate of drug-likeness (QED) is 0.699. The van der Waals surface area contributed by atoms with Crippen LogP contribution in [0.25, 0.3) is 0 Å². The summed E-state index contributed by atoms with van der Waals surface area (Å²) in [5, 5.41) is 2.90. The monoisotopic (exact) mass is 349 g/mol. The zero-order valence-corrected chi connectivity index (χ0v) is 14.7. The van der Waals surface area contributed by atoms with Gasteiger partial charge in [0.05, 0.1) is 5.56 Å². The van der Waals surface area contributed by atoms with Crippen molar-refractivity contribution in [3.8, 4) is 0 Å². The van der Waals surface area contributed by atoms with Gasteiger partial charge in [0, 0.05) is 11.3 Å². The first-order valence-electron chi connectivity index (χ1n) is 8.22. The maximum absolute atomic E-state index is 12.7. The predicted molar refractivity (Wildman–Crippen MR) is 94.0 cm³/mol. The summed E-state index contributed by atoms with van der Waals surface area (Å²) in [5.41, 5.74) is 2.19. The maximum Gasteiger partial charge on any atom is 0.416 e. The van der Waals surface area contributed by atoms with Gasteiger partial charge in [0.15, 0.2) is 0 Å². The van der Waals surface area contributed by atoms with E-state index in [0.717, 1.165) is 28.9 Å². The Kier molecular flexibility index (Phi) is 5.55. The number of para-hydroxylation sites is 1. The fourth-order valence-corrected chi connectivity index (χ4v) is 2.69. The standard InChI is InChI=1S/C20H22F3NO/c1-12(2)16-6-5-7-17(13(3)4)18(16)24-19(25)14-8-10-15(11-9-14)20(21,22)23/h5-13H,1-4H3,(H,24,25). The zero-order chi connectivity index (χ0) is 18.8. The third kappa shape index (κ3) is 4.41. The summed E-state index contributed by atoms with van der Waals surface area (Å²) in [6, 6.07) is 10.1. The topological polar surface area (TPSA) is 29.1 Å². The van der Waals surface area contributed by atoms with Crippen molar-refractivity contribution >= 4 is 11.6 Å². The second-order valence-electron chi connectivity index (χ2n) is 6.65. The number of hydrogen-bond donors (Lipinski definition) is 1. The van der Waals surface area contributed by atoms with Gasteiger partial charge in [-0.3, -0.25) is 4.79 Å². The molecular weight excluding hydrogens is 327 g/mol. The summed E-state index contributed by atoms with van der Waals surface area (Å²) in [6.07, 6.45) is -4.41. The molecule has 0 heterocycles. The number of halogens is 3. The van der Waals surface area contributed by atoms with Crippen LogP contribution in [0.3, 0.4) is 0 Å². The van der Waals surface area contributed by atoms with E-state index >= 15 is 0 Å². The second kappa shape index (κ2) is 7.30. The molecule has 1 N–H and O–H groups in total. The highest BCUT2D eigenvalue weighted by atomic mass is 19.4. The molecule has 0 aliphatic carbocycles. The summed E-state index contributed by atoms with van der Waals surface area (Å²) in [4.78, 5) is 12.5. The third-order valence-corrected chi connectivity index (χ3v) is 4.09. The van der Waals surface area contributed by atoms with Crippen molar-refractivity contribution < 1.29 is 18.0 Å². The lowest BCUT2D eigenvalue weighted by Crippen LogP contribution is -2.16. The number of hydrogen-bond acceptors (Lipinski definition) is 1.